The van der Waals surface area contributed by atoms with Crippen molar-refractivity contribution in [3.05, 3.63) is 67.0 Å². The van der Waals surface area contributed by atoms with Crippen LogP contribution in [0, 0.1) is 5.82 Å². The summed E-state index contributed by atoms with van der Waals surface area (Å²) in [7, 11) is 3.80. The van der Waals surface area contributed by atoms with E-state index in [1.165, 1.54) is 24.6 Å². The molecular formula is C31H37FN6O3. The number of carbonyl (C=O) groups excluding carboxylic acids is 1. The maximum Gasteiger partial charge on any atom is 0.247 e. The zero-order chi connectivity index (χ0) is 28.8. The first-order valence-corrected chi connectivity index (χ1v) is 14.0. The topological polar surface area (TPSA) is 82.2 Å². The second-order valence-corrected chi connectivity index (χ2v) is 10.3. The molecule has 10 heteroatoms. The van der Waals surface area contributed by atoms with Crippen LogP contribution in [-0.4, -0.2) is 69.2 Å². The summed E-state index contributed by atoms with van der Waals surface area (Å²) in [6.07, 6.45) is 4.45. The van der Waals surface area contributed by atoms with Crippen molar-refractivity contribution in [1.29, 1.82) is 0 Å². The second kappa shape index (κ2) is 12.9. The molecule has 2 saturated heterocycles. The van der Waals surface area contributed by atoms with E-state index >= 15 is 0 Å². The molecule has 2 aliphatic heterocycles. The van der Waals surface area contributed by atoms with Crippen LogP contribution in [-0.2, 0) is 4.79 Å². The molecule has 0 radical (unpaired) electrons. The Bertz CT molecular complexity index is 1390. The van der Waals surface area contributed by atoms with E-state index in [1.54, 1.807) is 7.11 Å². The van der Waals surface area contributed by atoms with E-state index in [2.05, 4.69) is 45.0 Å². The number of pyridine rings is 1. The number of likely N-dealkylation sites (N-methyl/N-ethyl adjacent to an activating group) is 1. The molecular weight excluding hydrogens is 523 g/mol. The number of carbonyl (C=O) groups is 1. The van der Waals surface area contributed by atoms with Crippen molar-refractivity contribution in [1.82, 2.24) is 9.88 Å². The van der Waals surface area contributed by atoms with E-state index in [9.17, 15) is 9.18 Å². The van der Waals surface area contributed by atoms with Crippen LogP contribution in [0.4, 0.5) is 33.0 Å². The molecule has 3 heterocycles. The lowest BCUT2D eigenvalue weighted by Gasteiger charge is -2.34. The number of piperazine rings is 1. The highest BCUT2D eigenvalue weighted by Crippen LogP contribution is 2.37. The van der Waals surface area contributed by atoms with Crippen molar-refractivity contribution in [2.24, 2.45) is 0 Å². The van der Waals surface area contributed by atoms with Crippen molar-refractivity contribution < 1.29 is 18.7 Å². The van der Waals surface area contributed by atoms with Gasteiger partial charge in [0.15, 0.2) is 0 Å². The van der Waals surface area contributed by atoms with Crippen LogP contribution in [0.2, 0.25) is 0 Å². The summed E-state index contributed by atoms with van der Waals surface area (Å²) in [6.45, 7) is 9.20. The summed E-state index contributed by atoms with van der Waals surface area (Å²) < 4.78 is 26.3. The Balaban J connectivity index is 1.42. The van der Waals surface area contributed by atoms with Gasteiger partial charge in [-0.2, -0.15) is 4.98 Å². The maximum atomic E-state index is 14.4. The average Bonchev–Trinajstić information content (AvgIpc) is 3.00. The van der Waals surface area contributed by atoms with Gasteiger partial charge in [-0.3, -0.25) is 4.79 Å². The molecule has 2 aromatic carbocycles. The van der Waals surface area contributed by atoms with E-state index in [0.717, 1.165) is 75.2 Å². The van der Waals surface area contributed by atoms with Crippen molar-refractivity contribution in [3.63, 3.8) is 0 Å². The molecule has 0 bridgehead atoms. The van der Waals surface area contributed by atoms with Crippen LogP contribution in [0.1, 0.15) is 19.3 Å². The molecule has 216 valence electrons. The lowest BCUT2D eigenvalue weighted by molar-refractivity contribution is -0.111. The predicted molar refractivity (Wildman–Crippen MR) is 162 cm³/mol. The van der Waals surface area contributed by atoms with Gasteiger partial charge in [-0.1, -0.05) is 6.58 Å². The fourth-order valence-corrected chi connectivity index (χ4v) is 5.09. The molecule has 5 rings (SSSR count). The quantitative estimate of drug-likeness (QED) is 0.326. The van der Waals surface area contributed by atoms with Crippen molar-refractivity contribution >= 4 is 34.5 Å². The number of ether oxygens (including phenoxy) is 2. The van der Waals surface area contributed by atoms with Gasteiger partial charge in [0.1, 0.15) is 28.8 Å². The van der Waals surface area contributed by atoms with Crippen molar-refractivity contribution in [3.8, 4) is 17.4 Å². The Kier molecular flexibility index (Phi) is 8.88. The van der Waals surface area contributed by atoms with Gasteiger partial charge in [0.05, 0.1) is 18.5 Å². The molecule has 1 amide bonds. The third-order valence-corrected chi connectivity index (χ3v) is 7.45. The monoisotopic (exact) mass is 560 g/mol. The highest BCUT2D eigenvalue weighted by atomic mass is 19.1. The van der Waals surface area contributed by atoms with Gasteiger partial charge in [0.25, 0.3) is 0 Å². The molecule has 0 unspecified atom stereocenters. The van der Waals surface area contributed by atoms with E-state index in [-0.39, 0.29) is 5.69 Å². The summed E-state index contributed by atoms with van der Waals surface area (Å²) in [5.41, 5.74) is 2.76. The highest BCUT2D eigenvalue weighted by molar-refractivity contribution is 5.99. The summed E-state index contributed by atoms with van der Waals surface area (Å²) in [5.74, 6) is 0.951. The lowest BCUT2D eigenvalue weighted by Crippen LogP contribution is -2.44. The van der Waals surface area contributed by atoms with Gasteiger partial charge in [-0.15, -0.1) is 0 Å². The van der Waals surface area contributed by atoms with Gasteiger partial charge < -0.3 is 34.8 Å². The Morgan fingerprint density at radius 1 is 0.951 bits per heavy atom. The maximum absolute atomic E-state index is 14.4. The van der Waals surface area contributed by atoms with Gasteiger partial charge in [0, 0.05) is 57.1 Å². The third kappa shape index (κ3) is 6.89. The minimum atomic E-state index is -0.570. The number of methoxy groups -OCH3 is 1. The number of rotatable bonds is 9. The molecule has 0 aliphatic carbocycles. The fraction of sp³-hybridized carbons (Fsp3) is 0.355. The molecule has 1 aromatic heterocycles. The van der Waals surface area contributed by atoms with Gasteiger partial charge in [0.2, 0.25) is 11.8 Å². The molecule has 41 heavy (non-hydrogen) atoms. The number of hydrogen-bond donors (Lipinski definition) is 2. The molecule has 9 nitrogen and oxygen atoms in total. The summed E-state index contributed by atoms with van der Waals surface area (Å²) in [5, 5.41) is 5.86. The zero-order valence-corrected chi connectivity index (χ0v) is 23.7. The highest BCUT2D eigenvalue weighted by Gasteiger charge is 2.20. The number of amides is 1. The first-order chi connectivity index (χ1) is 19.9. The van der Waals surface area contributed by atoms with Crippen LogP contribution in [0.15, 0.2) is 61.2 Å². The standard InChI is InChI=1S/C31H37FN6O3/c1-4-30(39)34-26-21-23(9-10-24(26)32)41-31-27(38-14-6-5-7-15-38)12-13-29(35-31)33-25-11-8-22(20-28(25)40-3)37-18-16-36(2)17-19-37/h4,8-13,20-21H,1,5-7,14-19H2,2-3H3,(H,33,35)(H,34,39). The Morgan fingerprint density at radius 3 is 2.46 bits per heavy atom. The Morgan fingerprint density at radius 2 is 1.73 bits per heavy atom. The fourth-order valence-electron chi connectivity index (χ4n) is 5.09. The van der Waals surface area contributed by atoms with Gasteiger partial charge >= 0.3 is 0 Å². The van der Waals surface area contributed by atoms with Crippen LogP contribution >= 0.6 is 0 Å². The predicted octanol–water partition coefficient (Wildman–Crippen LogP) is 5.63. The number of piperidine rings is 1. The normalized spacial score (nSPS) is 15.8. The molecule has 3 aromatic rings. The number of halogens is 1. The number of nitrogens with zero attached hydrogens (tertiary/aromatic N) is 4. The number of benzene rings is 2. The third-order valence-electron chi connectivity index (χ3n) is 7.45. The summed E-state index contributed by atoms with van der Waals surface area (Å²) in [4.78, 5) is 23.5. The van der Waals surface area contributed by atoms with Crippen LogP contribution < -0.4 is 29.9 Å². The molecule has 0 spiro atoms. The van der Waals surface area contributed by atoms with Crippen LogP contribution in [0.5, 0.6) is 17.4 Å². The summed E-state index contributed by atoms with van der Waals surface area (Å²) in [6, 6.07) is 14.3. The smallest absolute Gasteiger partial charge is 0.247 e. The second-order valence-electron chi connectivity index (χ2n) is 10.3. The number of hydrogen-bond acceptors (Lipinski definition) is 8. The van der Waals surface area contributed by atoms with Gasteiger partial charge in [-0.25, -0.2) is 4.39 Å². The van der Waals surface area contributed by atoms with E-state index in [4.69, 9.17) is 14.5 Å². The average molecular weight is 561 g/mol. The zero-order valence-electron chi connectivity index (χ0n) is 23.7. The van der Waals surface area contributed by atoms with Crippen LogP contribution in [0.3, 0.4) is 0 Å². The number of nitrogens with one attached hydrogen (secondary N) is 2. The van der Waals surface area contributed by atoms with E-state index < -0.39 is 11.7 Å². The first-order valence-electron chi connectivity index (χ1n) is 14.0. The Hall–Kier alpha value is -4.31. The lowest BCUT2D eigenvalue weighted by atomic mass is 10.1. The van der Waals surface area contributed by atoms with Crippen molar-refractivity contribution in [2.45, 2.75) is 19.3 Å². The molecule has 0 saturated carbocycles. The first kappa shape index (κ1) is 28.2. The largest absolute Gasteiger partial charge is 0.494 e. The number of anilines is 5. The minimum Gasteiger partial charge on any atom is -0.494 e. The van der Waals surface area contributed by atoms with E-state index in [1.807, 2.05) is 24.3 Å². The summed E-state index contributed by atoms with van der Waals surface area (Å²) >= 11 is 0. The van der Waals surface area contributed by atoms with E-state index in [0.29, 0.717) is 23.2 Å². The Labute approximate surface area is 240 Å². The molecule has 0 atom stereocenters. The minimum absolute atomic E-state index is 0.00591. The molecule has 2 aliphatic rings. The van der Waals surface area contributed by atoms with Crippen LogP contribution in [0.25, 0.3) is 0 Å². The molecule has 2 N–H and O–H groups in total. The SMILES string of the molecule is C=CC(=O)Nc1cc(Oc2nc(Nc3ccc(N4CCN(C)CC4)cc3OC)ccc2N2CCCCC2)ccc1F. The van der Waals surface area contributed by atoms with Crippen molar-refractivity contribution in [2.75, 3.05) is 73.9 Å². The van der Waals surface area contributed by atoms with Gasteiger partial charge in [-0.05, 0) is 68.8 Å². The number of aromatic nitrogens is 1. The molecule has 2 fully saturated rings.